The monoisotopic (exact) mass is 250 g/mol. The Labute approximate surface area is 106 Å². The van der Waals surface area contributed by atoms with Crippen LogP contribution in [0.2, 0.25) is 5.02 Å². The van der Waals surface area contributed by atoms with Crippen molar-refractivity contribution in [1.82, 2.24) is 0 Å². The fourth-order valence-electron chi connectivity index (χ4n) is 2.34. The maximum atomic E-state index is 11.0. The summed E-state index contributed by atoms with van der Waals surface area (Å²) in [7, 11) is 0. The molecule has 0 unspecified atom stereocenters. The largest absolute Gasteiger partial charge is 0.481 e. The molecule has 0 fully saturated rings. The van der Waals surface area contributed by atoms with Gasteiger partial charge in [0.25, 0.3) is 0 Å². The fraction of sp³-hybridized carbons (Fsp3) is 0.357. The Balaban J connectivity index is 2.22. The standard InChI is InChI=1S/C14H15ClO2/c1-9-7-11(5-6-13(9)14(16)17)10-3-2-4-12(15)8-10/h2-5,8-9,13H,6-7H2,1H3,(H,16,17)/t9-,13-/m1/s1. The highest BCUT2D eigenvalue weighted by Gasteiger charge is 2.28. The molecule has 0 bridgehead atoms. The third kappa shape index (κ3) is 2.70. The van der Waals surface area contributed by atoms with Gasteiger partial charge in [0.1, 0.15) is 0 Å². The summed E-state index contributed by atoms with van der Waals surface area (Å²) in [5.41, 5.74) is 2.31. The molecule has 2 atom stereocenters. The first-order valence-electron chi connectivity index (χ1n) is 5.75. The van der Waals surface area contributed by atoms with Gasteiger partial charge in [0.15, 0.2) is 0 Å². The number of allylic oxidation sites excluding steroid dienone is 2. The summed E-state index contributed by atoms with van der Waals surface area (Å²) in [6.45, 7) is 2.00. The zero-order valence-electron chi connectivity index (χ0n) is 9.69. The summed E-state index contributed by atoms with van der Waals surface area (Å²) in [5.74, 6) is -0.775. The van der Waals surface area contributed by atoms with Gasteiger partial charge in [-0.25, -0.2) is 0 Å². The number of benzene rings is 1. The summed E-state index contributed by atoms with van der Waals surface area (Å²) in [6.07, 6.45) is 3.44. The topological polar surface area (TPSA) is 37.3 Å². The van der Waals surface area contributed by atoms with E-state index < -0.39 is 5.97 Å². The van der Waals surface area contributed by atoms with Crippen molar-refractivity contribution in [2.24, 2.45) is 11.8 Å². The quantitative estimate of drug-likeness (QED) is 0.866. The molecule has 1 aliphatic carbocycles. The molecule has 1 aromatic rings. The molecule has 0 aliphatic heterocycles. The molecule has 2 nitrogen and oxygen atoms in total. The van der Waals surface area contributed by atoms with Gasteiger partial charge in [-0.1, -0.05) is 36.7 Å². The second-order valence-electron chi connectivity index (χ2n) is 4.60. The molecule has 0 amide bonds. The third-order valence-corrected chi connectivity index (χ3v) is 3.59. The molecule has 3 heteroatoms. The normalized spacial score (nSPS) is 24.2. The number of hydrogen-bond donors (Lipinski definition) is 1. The van der Waals surface area contributed by atoms with E-state index in [1.165, 1.54) is 5.57 Å². The van der Waals surface area contributed by atoms with E-state index in [4.69, 9.17) is 16.7 Å². The predicted octanol–water partition coefficient (Wildman–Crippen LogP) is 3.85. The van der Waals surface area contributed by atoms with Crippen LogP contribution in [0.1, 0.15) is 25.3 Å². The van der Waals surface area contributed by atoms with E-state index in [2.05, 4.69) is 0 Å². The molecular formula is C14H15ClO2. The molecule has 90 valence electrons. The Morgan fingerprint density at radius 3 is 2.82 bits per heavy atom. The lowest BCUT2D eigenvalue weighted by Gasteiger charge is -2.25. The minimum absolute atomic E-state index is 0.173. The van der Waals surface area contributed by atoms with Crippen molar-refractivity contribution >= 4 is 23.1 Å². The average Bonchev–Trinajstić information content (AvgIpc) is 2.28. The first-order valence-corrected chi connectivity index (χ1v) is 6.13. The van der Waals surface area contributed by atoms with Crippen molar-refractivity contribution in [2.45, 2.75) is 19.8 Å². The van der Waals surface area contributed by atoms with E-state index in [0.717, 1.165) is 17.0 Å². The van der Waals surface area contributed by atoms with Crippen LogP contribution >= 0.6 is 11.6 Å². The first-order chi connectivity index (χ1) is 8.08. The van der Waals surface area contributed by atoms with E-state index >= 15 is 0 Å². The van der Waals surface area contributed by atoms with E-state index in [-0.39, 0.29) is 11.8 Å². The predicted molar refractivity (Wildman–Crippen MR) is 69.0 cm³/mol. The van der Waals surface area contributed by atoms with E-state index in [9.17, 15) is 4.79 Å². The van der Waals surface area contributed by atoms with Crippen molar-refractivity contribution in [3.8, 4) is 0 Å². The lowest BCUT2D eigenvalue weighted by Crippen LogP contribution is -2.24. The molecule has 0 radical (unpaired) electrons. The molecule has 1 aromatic carbocycles. The molecule has 1 N–H and O–H groups in total. The van der Waals surface area contributed by atoms with Gasteiger partial charge in [0.2, 0.25) is 0 Å². The number of carbonyl (C=O) groups is 1. The van der Waals surface area contributed by atoms with Crippen LogP contribution < -0.4 is 0 Å². The van der Waals surface area contributed by atoms with Gasteiger partial charge in [-0.15, -0.1) is 0 Å². The molecule has 17 heavy (non-hydrogen) atoms. The van der Waals surface area contributed by atoms with Gasteiger partial charge in [-0.2, -0.15) is 0 Å². The average molecular weight is 251 g/mol. The Hall–Kier alpha value is -1.28. The molecule has 0 aromatic heterocycles. The van der Waals surface area contributed by atoms with Gasteiger partial charge >= 0.3 is 5.97 Å². The van der Waals surface area contributed by atoms with Crippen LogP contribution in [0.3, 0.4) is 0 Å². The number of carboxylic acids is 1. The summed E-state index contributed by atoms with van der Waals surface area (Å²) < 4.78 is 0. The van der Waals surface area contributed by atoms with Crippen LogP contribution in [0.5, 0.6) is 0 Å². The van der Waals surface area contributed by atoms with Crippen LogP contribution in [0, 0.1) is 11.8 Å². The molecule has 0 saturated heterocycles. The number of halogens is 1. The maximum absolute atomic E-state index is 11.0. The Morgan fingerprint density at radius 1 is 1.47 bits per heavy atom. The van der Waals surface area contributed by atoms with E-state index in [1.807, 2.05) is 37.3 Å². The zero-order valence-corrected chi connectivity index (χ0v) is 10.4. The highest BCUT2D eigenvalue weighted by Crippen LogP contribution is 2.35. The van der Waals surface area contributed by atoms with Crippen LogP contribution in [0.15, 0.2) is 30.3 Å². The van der Waals surface area contributed by atoms with Gasteiger partial charge in [-0.3, -0.25) is 4.79 Å². The highest BCUT2D eigenvalue weighted by molar-refractivity contribution is 6.30. The van der Waals surface area contributed by atoms with Crippen LogP contribution in [-0.2, 0) is 4.79 Å². The SMILES string of the molecule is C[C@@H]1CC(c2cccc(Cl)c2)=CC[C@H]1C(=O)O. The first kappa shape index (κ1) is 12.2. The molecule has 2 rings (SSSR count). The van der Waals surface area contributed by atoms with Crippen molar-refractivity contribution < 1.29 is 9.90 Å². The third-order valence-electron chi connectivity index (χ3n) is 3.36. The highest BCUT2D eigenvalue weighted by atomic mass is 35.5. The van der Waals surface area contributed by atoms with Crippen molar-refractivity contribution in [1.29, 1.82) is 0 Å². The second-order valence-corrected chi connectivity index (χ2v) is 5.04. The number of carboxylic acid groups (broad SMARTS) is 1. The van der Waals surface area contributed by atoms with Crippen LogP contribution in [0.25, 0.3) is 5.57 Å². The molecule has 0 heterocycles. The summed E-state index contributed by atoms with van der Waals surface area (Å²) in [4.78, 5) is 11.0. The van der Waals surface area contributed by atoms with Gasteiger partial charge in [0.05, 0.1) is 5.92 Å². The number of aliphatic carboxylic acids is 1. The minimum atomic E-state index is -0.695. The molecule has 0 spiro atoms. The Kier molecular flexibility index (Phi) is 3.53. The van der Waals surface area contributed by atoms with E-state index in [1.54, 1.807) is 0 Å². The summed E-state index contributed by atoms with van der Waals surface area (Å²) in [6, 6.07) is 7.72. The lowest BCUT2D eigenvalue weighted by molar-refractivity contribution is -0.143. The molecule has 0 saturated carbocycles. The fourth-order valence-corrected chi connectivity index (χ4v) is 2.53. The summed E-state index contributed by atoms with van der Waals surface area (Å²) in [5, 5.41) is 9.78. The zero-order chi connectivity index (χ0) is 12.4. The Morgan fingerprint density at radius 2 is 2.24 bits per heavy atom. The van der Waals surface area contributed by atoms with Crippen molar-refractivity contribution in [3.05, 3.63) is 40.9 Å². The summed E-state index contributed by atoms with van der Waals surface area (Å²) >= 11 is 5.96. The second kappa shape index (κ2) is 4.92. The smallest absolute Gasteiger partial charge is 0.307 e. The van der Waals surface area contributed by atoms with Crippen molar-refractivity contribution in [2.75, 3.05) is 0 Å². The maximum Gasteiger partial charge on any atom is 0.307 e. The van der Waals surface area contributed by atoms with Crippen molar-refractivity contribution in [3.63, 3.8) is 0 Å². The molecule has 1 aliphatic rings. The van der Waals surface area contributed by atoms with Crippen LogP contribution in [0.4, 0.5) is 0 Å². The lowest BCUT2D eigenvalue weighted by atomic mass is 9.79. The van der Waals surface area contributed by atoms with Crippen LogP contribution in [-0.4, -0.2) is 11.1 Å². The van der Waals surface area contributed by atoms with Gasteiger partial charge in [-0.05, 0) is 42.0 Å². The number of hydrogen-bond acceptors (Lipinski definition) is 1. The number of rotatable bonds is 2. The minimum Gasteiger partial charge on any atom is -0.481 e. The van der Waals surface area contributed by atoms with E-state index in [0.29, 0.717) is 6.42 Å². The van der Waals surface area contributed by atoms with Gasteiger partial charge < -0.3 is 5.11 Å². The van der Waals surface area contributed by atoms with Gasteiger partial charge in [0, 0.05) is 5.02 Å². The Bertz CT molecular complexity index is 465. The molecular weight excluding hydrogens is 236 g/mol.